The Morgan fingerprint density at radius 1 is 0.769 bits per heavy atom. The van der Waals surface area contributed by atoms with Gasteiger partial charge in [0.2, 0.25) is 0 Å². The number of nitrogens with one attached hydrogen (secondary N) is 6. The zero-order chi connectivity index (χ0) is 45.7. The third-order valence-electron chi connectivity index (χ3n) is 10.9. The second-order valence-electron chi connectivity index (χ2n) is 17.1. The summed E-state index contributed by atoms with van der Waals surface area (Å²) in [7, 11) is 0. The monoisotopic (exact) mass is 944 g/mol. The largest absolute Gasteiger partial charge is 0.367 e. The number of carbonyl (C=O) groups is 2. The van der Waals surface area contributed by atoms with Gasteiger partial charge in [0.1, 0.15) is 11.3 Å². The fraction of sp³-hybridized carbons (Fsp3) is 0.364. The smallest absolute Gasteiger partial charge is 0.321 e. The van der Waals surface area contributed by atoms with Crippen LogP contribution in [0.2, 0.25) is 10.0 Å². The summed E-state index contributed by atoms with van der Waals surface area (Å²) in [5.74, 6) is 0.332. The molecule has 2 atom stereocenters. The highest BCUT2D eigenvalue weighted by molar-refractivity contribution is 7.08. The van der Waals surface area contributed by atoms with Crippen LogP contribution in [-0.4, -0.2) is 107 Å². The first-order valence-corrected chi connectivity index (χ1v) is 22.9. The molecule has 9 heterocycles. The molecule has 2 saturated heterocycles. The molecule has 6 N–H and O–H groups in total. The zero-order valence-electron chi connectivity index (χ0n) is 35.9. The first kappa shape index (κ1) is 45.4. The summed E-state index contributed by atoms with van der Waals surface area (Å²) in [4.78, 5) is 60.4. The average molecular weight is 946 g/mol. The quantitative estimate of drug-likeness (QED) is 0.0810. The Bertz CT molecular complexity index is 2780. The van der Waals surface area contributed by atoms with Gasteiger partial charge in [0.05, 0.1) is 28.1 Å². The predicted octanol–water partition coefficient (Wildman–Crippen LogP) is 9.67. The maximum absolute atomic E-state index is 14.5. The maximum atomic E-state index is 14.5. The van der Waals surface area contributed by atoms with Gasteiger partial charge < -0.3 is 41.0 Å². The normalized spacial score (nSPS) is 16.5. The van der Waals surface area contributed by atoms with Crippen LogP contribution in [0.5, 0.6) is 0 Å². The molecule has 0 spiro atoms. The minimum absolute atomic E-state index is 0.0655. The van der Waals surface area contributed by atoms with E-state index < -0.39 is 11.6 Å². The molecule has 4 amide bonds. The van der Waals surface area contributed by atoms with E-state index >= 15 is 0 Å². The van der Waals surface area contributed by atoms with E-state index in [0.29, 0.717) is 76.8 Å². The summed E-state index contributed by atoms with van der Waals surface area (Å²) in [5.41, 5.74) is 3.21. The molecule has 0 bridgehead atoms. The van der Waals surface area contributed by atoms with Gasteiger partial charge in [0, 0.05) is 96.9 Å². The van der Waals surface area contributed by atoms with Crippen LogP contribution >= 0.6 is 34.5 Å². The molecule has 340 valence electrons. The number of anilines is 3. The SMILES string of the molecule is CC(C)(C)NC(=O)N1CCC[C@H](CNc2nc(-c3c[nH]c4ncc(Cl)cc34)ncc2F)C1.O=C(Nc1ccsc1)N1CCC[C@@H](CNc2nc(-c3c[nH]c4ncc(Cl)cc34)ncc2F)C1. The first-order chi connectivity index (χ1) is 31.3. The highest BCUT2D eigenvalue weighted by atomic mass is 35.5. The zero-order valence-corrected chi connectivity index (χ0v) is 38.2. The van der Waals surface area contributed by atoms with Gasteiger partial charge in [0.15, 0.2) is 34.9 Å². The summed E-state index contributed by atoms with van der Waals surface area (Å²) < 4.78 is 28.9. The molecule has 21 heteroatoms. The molecular weight excluding hydrogens is 898 g/mol. The number of likely N-dealkylation sites (tertiary alicyclic amines) is 2. The molecule has 0 aliphatic carbocycles. The maximum Gasteiger partial charge on any atom is 0.321 e. The van der Waals surface area contributed by atoms with Crippen molar-refractivity contribution in [2.24, 2.45) is 11.8 Å². The summed E-state index contributed by atoms with van der Waals surface area (Å²) >= 11 is 13.7. The Morgan fingerprint density at radius 3 is 1.75 bits per heavy atom. The standard InChI is InChI=1S/C22H21ClFN7OS.C22H27ClFN7O/c23-14-6-16-17(9-27-19(16)26-8-14)20-28-10-18(24)21(30-20)25-7-13-2-1-4-31(11-13)22(32)29-15-3-5-33-12-15;1-22(2,3)30-21(32)31-6-4-5-13(12-31)8-25-20-17(24)11-28-19(29-20)16-10-27-18-15(16)7-14(23)9-26-18/h3,5-6,8-10,12-13H,1-2,4,7,11H2,(H,26,27)(H,29,32)(H,25,28,30);7,9-11,13H,4-6,8,12H2,1-3H3,(H,26,27)(H,30,32)(H,25,28,29)/t2*13-/m01/s1. The summed E-state index contributed by atoms with van der Waals surface area (Å²) in [6.07, 6.45) is 12.6. The Hall–Kier alpha value is -6.18. The number of urea groups is 2. The molecule has 9 rings (SSSR count). The number of fused-ring (bicyclic) bond motifs is 2. The number of amides is 4. The molecule has 2 fully saturated rings. The predicted molar refractivity (Wildman–Crippen MR) is 251 cm³/mol. The van der Waals surface area contributed by atoms with Gasteiger partial charge in [-0.3, -0.25) is 0 Å². The Balaban J connectivity index is 0.000000177. The van der Waals surface area contributed by atoms with E-state index in [0.717, 1.165) is 61.1 Å². The molecule has 0 saturated carbocycles. The second-order valence-corrected chi connectivity index (χ2v) is 18.7. The van der Waals surface area contributed by atoms with E-state index in [4.69, 9.17) is 23.2 Å². The van der Waals surface area contributed by atoms with Gasteiger partial charge in [0.25, 0.3) is 0 Å². The van der Waals surface area contributed by atoms with E-state index in [1.807, 2.05) is 42.5 Å². The molecular formula is C44H48Cl2F2N14O2S. The molecule has 7 aromatic heterocycles. The lowest BCUT2D eigenvalue weighted by molar-refractivity contribution is 0.161. The van der Waals surface area contributed by atoms with Gasteiger partial charge in [-0.05, 0) is 81.9 Å². The fourth-order valence-corrected chi connectivity index (χ4v) is 8.72. The Kier molecular flexibility index (Phi) is 13.9. The lowest BCUT2D eigenvalue weighted by Crippen LogP contribution is -2.51. The number of aromatic amines is 2. The number of halogens is 4. The van der Waals surface area contributed by atoms with Crippen LogP contribution < -0.4 is 21.3 Å². The van der Waals surface area contributed by atoms with Crippen molar-refractivity contribution in [3.63, 3.8) is 0 Å². The molecule has 0 unspecified atom stereocenters. The number of hydrogen-bond acceptors (Lipinski definition) is 11. The van der Waals surface area contributed by atoms with E-state index in [-0.39, 0.29) is 41.1 Å². The minimum Gasteiger partial charge on any atom is -0.367 e. The van der Waals surface area contributed by atoms with Crippen molar-refractivity contribution < 1.29 is 18.4 Å². The van der Waals surface area contributed by atoms with Crippen molar-refractivity contribution in [2.75, 3.05) is 55.2 Å². The third-order valence-corrected chi connectivity index (χ3v) is 12.0. The number of piperidine rings is 2. The van der Waals surface area contributed by atoms with Crippen molar-refractivity contribution in [3.05, 3.63) is 87.8 Å². The lowest BCUT2D eigenvalue weighted by atomic mass is 9.98. The van der Waals surface area contributed by atoms with Gasteiger partial charge in [-0.1, -0.05) is 23.2 Å². The summed E-state index contributed by atoms with van der Waals surface area (Å²) in [6, 6.07) is 5.24. The highest BCUT2D eigenvalue weighted by Crippen LogP contribution is 2.30. The molecule has 16 nitrogen and oxygen atoms in total. The van der Waals surface area contributed by atoms with Crippen molar-refractivity contribution in [1.29, 1.82) is 0 Å². The van der Waals surface area contributed by atoms with E-state index in [1.54, 1.807) is 41.8 Å². The molecule has 2 aliphatic heterocycles. The number of pyridine rings is 2. The first-order valence-electron chi connectivity index (χ1n) is 21.2. The molecule has 0 radical (unpaired) electrons. The third kappa shape index (κ3) is 11.4. The van der Waals surface area contributed by atoms with Crippen LogP contribution in [0.25, 0.3) is 44.8 Å². The van der Waals surface area contributed by atoms with Crippen LogP contribution in [0, 0.1) is 23.5 Å². The number of aromatic nitrogens is 8. The van der Waals surface area contributed by atoms with Crippen molar-refractivity contribution in [3.8, 4) is 22.8 Å². The molecule has 2 aliphatic rings. The molecule has 65 heavy (non-hydrogen) atoms. The number of rotatable bonds is 9. The Morgan fingerprint density at radius 2 is 1.28 bits per heavy atom. The number of hydrogen-bond donors (Lipinski definition) is 6. The fourth-order valence-electron chi connectivity index (χ4n) is 7.82. The van der Waals surface area contributed by atoms with E-state index in [2.05, 4.69) is 61.1 Å². The topological polar surface area (TPSA) is 198 Å². The number of H-pyrrole nitrogens is 2. The van der Waals surface area contributed by atoms with Crippen LogP contribution in [-0.2, 0) is 0 Å². The second kappa shape index (κ2) is 19.9. The van der Waals surface area contributed by atoms with E-state index in [1.165, 1.54) is 11.3 Å². The van der Waals surface area contributed by atoms with Gasteiger partial charge >= 0.3 is 12.1 Å². The van der Waals surface area contributed by atoms with Crippen LogP contribution in [0.4, 0.5) is 35.7 Å². The van der Waals surface area contributed by atoms with Crippen molar-refractivity contribution >= 4 is 86.0 Å². The average Bonchev–Trinajstić information content (AvgIpc) is 4.06. The van der Waals surface area contributed by atoms with Crippen molar-refractivity contribution in [2.45, 2.75) is 52.0 Å². The highest BCUT2D eigenvalue weighted by Gasteiger charge is 2.27. The summed E-state index contributed by atoms with van der Waals surface area (Å²) in [5, 5.41) is 18.5. The summed E-state index contributed by atoms with van der Waals surface area (Å²) in [6.45, 7) is 9.52. The van der Waals surface area contributed by atoms with Crippen LogP contribution in [0.1, 0.15) is 46.5 Å². The number of carbonyl (C=O) groups excluding carboxylic acids is 2. The molecule has 7 aromatic rings. The van der Waals surface area contributed by atoms with Gasteiger partial charge in [-0.2, -0.15) is 11.3 Å². The van der Waals surface area contributed by atoms with E-state index in [9.17, 15) is 18.4 Å². The van der Waals surface area contributed by atoms with Gasteiger partial charge in [-0.25, -0.2) is 48.3 Å². The Labute approximate surface area is 387 Å². The van der Waals surface area contributed by atoms with Gasteiger partial charge in [-0.15, -0.1) is 0 Å². The van der Waals surface area contributed by atoms with Crippen LogP contribution in [0.15, 0.2) is 66.1 Å². The number of nitrogens with zero attached hydrogens (tertiary/aromatic N) is 8. The lowest BCUT2D eigenvalue weighted by Gasteiger charge is -2.35. The molecule has 0 aromatic carbocycles. The van der Waals surface area contributed by atoms with Crippen LogP contribution in [0.3, 0.4) is 0 Å². The van der Waals surface area contributed by atoms with Crippen molar-refractivity contribution in [1.82, 2.24) is 55.0 Å². The number of thiophene rings is 1. The minimum atomic E-state index is -0.530.